The summed E-state index contributed by atoms with van der Waals surface area (Å²) in [5, 5.41) is 14.7. The maximum atomic E-state index is 6.05. The molecule has 2 aromatic rings. The zero-order valence-electron chi connectivity index (χ0n) is 12.1. The smallest absolute Gasteiger partial charge is 0.148 e. The Kier molecular flexibility index (Phi) is 5.52. The monoisotopic (exact) mass is 309 g/mol. The lowest BCUT2D eigenvalue weighted by molar-refractivity contribution is 0.553. The molecular weight excluding hydrogens is 290 g/mol. The summed E-state index contributed by atoms with van der Waals surface area (Å²) in [6.45, 7) is 8.47. The SMILES string of the molecule is Cc1ccc(Cl)cc1-c1nnc(CCNCC(C)C)s1. The third kappa shape index (κ3) is 4.27. The van der Waals surface area contributed by atoms with Crippen LogP contribution in [0.5, 0.6) is 0 Å². The molecule has 0 bridgehead atoms. The fourth-order valence-corrected chi connectivity index (χ4v) is 2.97. The first kappa shape index (κ1) is 15.4. The highest BCUT2D eigenvalue weighted by Crippen LogP contribution is 2.29. The second-order valence-electron chi connectivity index (χ2n) is 5.31. The Morgan fingerprint density at radius 1 is 1.30 bits per heavy atom. The minimum absolute atomic E-state index is 0.675. The lowest BCUT2D eigenvalue weighted by atomic mass is 10.1. The molecule has 0 atom stereocenters. The van der Waals surface area contributed by atoms with Gasteiger partial charge >= 0.3 is 0 Å². The highest BCUT2D eigenvalue weighted by atomic mass is 35.5. The van der Waals surface area contributed by atoms with Gasteiger partial charge in [-0.2, -0.15) is 0 Å². The van der Waals surface area contributed by atoms with Crippen LogP contribution in [0.2, 0.25) is 5.02 Å². The highest BCUT2D eigenvalue weighted by molar-refractivity contribution is 7.14. The molecule has 0 unspecified atom stereocenters. The first-order valence-corrected chi connectivity index (χ1v) is 8.05. The molecule has 0 spiro atoms. The molecule has 3 nitrogen and oxygen atoms in total. The number of hydrogen-bond acceptors (Lipinski definition) is 4. The number of aryl methyl sites for hydroxylation is 1. The third-order valence-electron chi connectivity index (χ3n) is 2.97. The van der Waals surface area contributed by atoms with Gasteiger partial charge in [0.25, 0.3) is 0 Å². The van der Waals surface area contributed by atoms with Gasteiger partial charge in [-0.25, -0.2) is 0 Å². The van der Waals surface area contributed by atoms with Crippen molar-refractivity contribution in [2.45, 2.75) is 27.2 Å². The molecule has 20 heavy (non-hydrogen) atoms. The number of benzene rings is 1. The molecule has 108 valence electrons. The van der Waals surface area contributed by atoms with Crippen molar-refractivity contribution < 1.29 is 0 Å². The van der Waals surface area contributed by atoms with Gasteiger partial charge < -0.3 is 5.32 Å². The molecule has 0 aliphatic carbocycles. The van der Waals surface area contributed by atoms with Crippen LogP contribution in [0.3, 0.4) is 0 Å². The van der Waals surface area contributed by atoms with E-state index in [-0.39, 0.29) is 0 Å². The van der Waals surface area contributed by atoms with Crippen molar-refractivity contribution >= 4 is 22.9 Å². The Bertz CT molecular complexity index is 566. The van der Waals surface area contributed by atoms with E-state index in [0.717, 1.165) is 40.1 Å². The lowest BCUT2D eigenvalue weighted by Crippen LogP contribution is -2.22. The summed E-state index contributed by atoms with van der Waals surface area (Å²) in [4.78, 5) is 0. The van der Waals surface area contributed by atoms with E-state index in [4.69, 9.17) is 11.6 Å². The van der Waals surface area contributed by atoms with Crippen molar-refractivity contribution in [3.05, 3.63) is 33.8 Å². The van der Waals surface area contributed by atoms with Crippen molar-refractivity contribution in [3.8, 4) is 10.6 Å². The summed E-state index contributed by atoms with van der Waals surface area (Å²) >= 11 is 7.70. The van der Waals surface area contributed by atoms with Gasteiger partial charge in [-0.15, -0.1) is 10.2 Å². The van der Waals surface area contributed by atoms with Gasteiger partial charge in [0, 0.05) is 23.6 Å². The fraction of sp³-hybridized carbons (Fsp3) is 0.467. The normalized spacial score (nSPS) is 11.2. The van der Waals surface area contributed by atoms with Crippen LogP contribution in [0.25, 0.3) is 10.6 Å². The zero-order chi connectivity index (χ0) is 14.5. The minimum Gasteiger partial charge on any atom is -0.316 e. The zero-order valence-corrected chi connectivity index (χ0v) is 13.7. The second kappa shape index (κ2) is 7.16. The Labute approximate surface area is 129 Å². The van der Waals surface area contributed by atoms with E-state index in [1.165, 1.54) is 5.56 Å². The molecule has 1 heterocycles. The van der Waals surface area contributed by atoms with Gasteiger partial charge in [0.1, 0.15) is 10.0 Å². The second-order valence-corrected chi connectivity index (χ2v) is 6.81. The first-order valence-electron chi connectivity index (χ1n) is 6.86. The van der Waals surface area contributed by atoms with E-state index < -0.39 is 0 Å². The lowest BCUT2D eigenvalue weighted by Gasteiger charge is -2.05. The van der Waals surface area contributed by atoms with Crippen LogP contribution in [0, 0.1) is 12.8 Å². The van der Waals surface area contributed by atoms with E-state index in [2.05, 4.69) is 36.3 Å². The molecule has 0 aliphatic heterocycles. The molecule has 0 amide bonds. The predicted octanol–water partition coefficient (Wildman–Crippen LogP) is 3.96. The van der Waals surface area contributed by atoms with E-state index in [9.17, 15) is 0 Å². The summed E-state index contributed by atoms with van der Waals surface area (Å²) in [5.74, 6) is 0.675. The molecule has 0 fully saturated rings. The molecule has 1 aromatic heterocycles. The van der Waals surface area contributed by atoms with Crippen LogP contribution in [0.15, 0.2) is 18.2 Å². The maximum absolute atomic E-state index is 6.05. The summed E-state index contributed by atoms with van der Waals surface area (Å²) < 4.78 is 0. The van der Waals surface area contributed by atoms with E-state index in [1.54, 1.807) is 11.3 Å². The highest BCUT2D eigenvalue weighted by Gasteiger charge is 2.09. The number of aromatic nitrogens is 2. The van der Waals surface area contributed by atoms with E-state index >= 15 is 0 Å². The van der Waals surface area contributed by atoms with Crippen LogP contribution in [0.1, 0.15) is 24.4 Å². The minimum atomic E-state index is 0.675. The van der Waals surface area contributed by atoms with Gasteiger partial charge in [-0.3, -0.25) is 0 Å². The standard InChI is InChI=1S/C15H20ClN3S/c1-10(2)9-17-7-6-14-18-19-15(20-14)13-8-12(16)5-4-11(13)3/h4-5,8,10,17H,6-7,9H2,1-3H3. The van der Waals surface area contributed by atoms with Crippen molar-refractivity contribution in [1.82, 2.24) is 15.5 Å². The van der Waals surface area contributed by atoms with Crippen LogP contribution in [-0.4, -0.2) is 23.3 Å². The quantitative estimate of drug-likeness (QED) is 0.821. The van der Waals surface area contributed by atoms with Crippen LogP contribution in [0.4, 0.5) is 0 Å². The average molecular weight is 310 g/mol. The summed E-state index contributed by atoms with van der Waals surface area (Å²) in [6.07, 6.45) is 0.921. The summed E-state index contributed by atoms with van der Waals surface area (Å²) in [7, 11) is 0. The van der Waals surface area contributed by atoms with Crippen LogP contribution < -0.4 is 5.32 Å². The first-order chi connectivity index (χ1) is 9.56. The average Bonchev–Trinajstić information content (AvgIpc) is 2.86. The summed E-state index contributed by atoms with van der Waals surface area (Å²) in [5.41, 5.74) is 2.26. The van der Waals surface area contributed by atoms with Gasteiger partial charge in [-0.05, 0) is 37.1 Å². The van der Waals surface area contributed by atoms with Crippen molar-refractivity contribution in [2.24, 2.45) is 5.92 Å². The Hall–Kier alpha value is -0.970. The van der Waals surface area contributed by atoms with Gasteiger partial charge in [0.2, 0.25) is 0 Å². The number of halogens is 1. The van der Waals surface area contributed by atoms with Crippen molar-refractivity contribution in [2.75, 3.05) is 13.1 Å². The molecule has 2 rings (SSSR count). The molecular formula is C15H20ClN3S. The van der Waals surface area contributed by atoms with E-state index in [0.29, 0.717) is 5.92 Å². The number of hydrogen-bond donors (Lipinski definition) is 1. The third-order valence-corrected chi connectivity index (χ3v) is 4.22. The van der Waals surface area contributed by atoms with Crippen molar-refractivity contribution in [3.63, 3.8) is 0 Å². The molecule has 0 aliphatic rings. The molecule has 0 saturated carbocycles. The maximum Gasteiger partial charge on any atom is 0.148 e. The topological polar surface area (TPSA) is 37.8 Å². The molecule has 1 aromatic carbocycles. The number of nitrogens with one attached hydrogen (secondary N) is 1. The van der Waals surface area contributed by atoms with Gasteiger partial charge in [0.05, 0.1) is 0 Å². The van der Waals surface area contributed by atoms with Gasteiger partial charge in [-0.1, -0.05) is 42.9 Å². The summed E-state index contributed by atoms with van der Waals surface area (Å²) in [6, 6.07) is 5.87. The number of nitrogens with zero attached hydrogens (tertiary/aromatic N) is 2. The Morgan fingerprint density at radius 2 is 2.10 bits per heavy atom. The molecule has 0 saturated heterocycles. The molecule has 0 radical (unpaired) electrons. The largest absolute Gasteiger partial charge is 0.316 e. The Morgan fingerprint density at radius 3 is 2.85 bits per heavy atom. The van der Waals surface area contributed by atoms with Gasteiger partial charge in [0.15, 0.2) is 0 Å². The van der Waals surface area contributed by atoms with Crippen LogP contribution >= 0.6 is 22.9 Å². The predicted molar refractivity (Wildman–Crippen MR) is 86.5 cm³/mol. The molecule has 5 heteroatoms. The van der Waals surface area contributed by atoms with E-state index in [1.807, 2.05) is 18.2 Å². The van der Waals surface area contributed by atoms with Crippen LogP contribution in [-0.2, 0) is 6.42 Å². The fourth-order valence-electron chi connectivity index (χ4n) is 1.87. The number of rotatable bonds is 6. The Balaban J connectivity index is 2.00. The van der Waals surface area contributed by atoms with Crippen molar-refractivity contribution in [1.29, 1.82) is 0 Å². The molecule has 1 N–H and O–H groups in total.